The molecule has 1 aromatic carbocycles. The van der Waals surface area contributed by atoms with Gasteiger partial charge in [-0.2, -0.15) is 11.8 Å². The lowest BCUT2D eigenvalue weighted by atomic mass is 9.96. The Bertz CT molecular complexity index is 4690. The Morgan fingerprint density at radius 2 is 0.740 bits per heavy atom. The highest BCUT2D eigenvalue weighted by Gasteiger charge is 2.42. The lowest BCUT2D eigenvalue weighted by molar-refractivity contribution is -0.142. The van der Waals surface area contributed by atoms with Crippen LogP contribution in [0.2, 0.25) is 0 Å². The first-order chi connectivity index (χ1) is 68.6. The van der Waals surface area contributed by atoms with Crippen molar-refractivity contribution in [3.05, 3.63) is 48.0 Å². The number of nitrogens with zero attached hydrogens (tertiary/aromatic N) is 1. The van der Waals surface area contributed by atoms with Crippen molar-refractivity contribution in [1.29, 1.82) is 0 Å². The molecule has 53 nitrogen and oxygen atoms in total. The van der Waals surface area contributed by atoms with Gasteiger partial charge < -0.3 is 158 Å². The second kappa shape index (κ2) is 65.9. The van der Waals surface area contributed by atoms with Gasteiger partial charge in [0.15, 0.2) is 0 Å². The number of carboxylic acid groups (broad SMARTS) is 3. The number of thioether (sulfide) groups is 1. The minimum absolute atomic E-state index is 0.0879. The van der Waals surface area contributed by atoms with Crippen molar-refractivity contribution in [1.82, 2.24) is 111 Å². The Morgan fingerprint density at radius 1 is 0.384 bits per heavy atom. The number of phenols is 1. The molecule has 2 aromatic rings. The minimum Gasteiger partial charge on any atom is -0.508 e. The first kappa shape index (κ1) is 129. The average molecular weight is 2090 g/mol. The normalized spacial score (nSPS) is 16.0. The zero-order chi connectivity index (χ0) is 111. The number of aliphatic hydroxyl groups is 4. The Hall–Kier alpha value is -13.3. The number of nitrogens with one attached hydrogen (secondary N) is 20. The maximum atomic E-state index is 14.8. The molecular weight excluding hydrogens is 1940 g/mol. The number of aromatic hydroxyl groups is 1. The summed E-state index contributed by atoms with van der Waals surface area (Å²) < 4.78 is 0. The largest absolute Gasteiger partial charge is 0.508 e. The number of phenolic OH excluding ortho intramolecular Hbond substituents is 1. The molecule has 19 amide bonds. The number of hydrogen-bond donors (Lipinski definition) is 30. The zero-order valence-electron chi connectivity index (χ0n) is 85.1. The predicted molar refractivity (Wildman–Crippen MR) is 525 cm³/mol. The molecule has 32 N–H and O–H groups in total. The number of carbonyl (C=O) groups excluding carboxylic acids is 19. The summed E-state index contributed by atoms with van der Waals surface area (Å²) in [6.45, 7) is 18.1. The third-order valence-electron chi connectivity index (χ3n) is 23.7. The second-order valence-electron chi connectivity index (χ2n) is 36.5. The van der Waals surface area contributed by atoms with Crippen LogP contribution >= 0.6 is 11.8 Å². The van der Waals surface area contributed by atoms with Crippen LogP contribution in [0.5, 0.6) is 5.75 Å². The molecule has 0 radical (unpaired) electrons. The van der Waals surface area contributed by atoms with E-state index in [1.165, 1.54) is 83.2 Å². The number of rotatable bonds is 69. The van der Waals surface area contributed by atoms with Gasteiger partial charge in [0.05, 0.1) is 50.5 Å². The molecule has 0 fully saturated rings. The molecule has 0 aliphatic heterocycles. The number of hydrogen-bond acceptors (Lipinski definition) is 31. The maximum absolute atomic E-state index is 14.8. The molecule has 0 saturated carbocycles. The van der Waals surface area contributed by atoms with Crippen molar-refractivity contribution < 1.29 is 146 Å². The molecule has 0 aliphatic rings. The molecule has 0 aliphatic carbocycles. The van der Waals surface area contributed by atoms with Crippen LogP contribution in [0.4, 0.5) is 0 Å². The molecule has 146 heavy (non-hydrogen) atoms. The molecule has 2 rings (SSSR count). The number of nitrogens with two attached hydrogens (primary N) is 2. The number of unbranched alkanes of at least 4 members (excludes halogenated alkanes) is 1. The highest BCUT2D eigenvalue weighted by Crippen LogP contribution is 2.19. The Labute approximate surface area is 849 Å². The standard InChI is InChI=1S/C92H151N23O30S/c1-17-45(8)69(94)87(139)104-57(27-29-67(122)123)77(129)100-49(12)75(127)98-48(11)74(126)99-50(13)76(128)113-71(46(9)18-2)90(142)106-59(31-33-146-16)80(132)103-58(28-30-68(124)125)79(131)108-62(36-54-37-95-42-97-54)83(135)114-72(47(10)19-3)91(143)109-60(34-43(4)5)81(133)115-73(52(15)119)88(140)96-38-66(121)102-63(39-116)85(137)111-65(41-118)86(138)107-61(35-53-23-25-55(120)26-24-53)82(134)112-70(44(6)7)89(141)105-56(22-20-21-32-93)78(130)110-64(40-117)84(136)101-51(14)92(144)145/h23-26,37,42-52,56-65,69-73,116-120H,17-22,27-36,38-41,93-94H2,1-16H3,(H,95,97)(H,96,140)(H,98,127)(H,99,126)(H,100,129)(H,101,136)(H,102,121)(H,103,132)(H,104,139)(H,105,141)(H,106,142)(H,107,138)(H,108,131)(H,109,143)(H,110,130)(H,111,137)(H,112,134)(H,113,128)(H,114,135)(H,115,133)(H,122,123)(H,124,125)(H,144,145)/t45-,46-,47-,48-,49-,50-,51-,52+,56-,57-,58-,59-,60-,61-,62-,63-,64-,65-,69-,70-,71-,72-,73-/m0/s1. The zero-order valence-corrected chi connectivity index (χ0v) is 85.9. The maximum Gasteiger partial charge on any atom is 0.325 e. The first-order valence-corrected chi connectivity index (χ1v) is 49.6. The number of H-pyrrole nitrogens is 1. The number of amides is 19. The third kappa shape index (κ3) is 45.5. The van der Waals surface area contributed by atoms with E-state index in [0.717, 1.165) is 13.8 Å². The van der Waals surface area contributed by atoms with Gasteiger partial charge in [0.2, 0.25) is 112 Å². The van der Waals surface area contributed by atoms with Gasteiger partial charge >= 0.3 is 17.9 Å². The summed E-state index contributed by atoms with van der Waals surface area (Å²) in [5.74, 6) is -26.7. The summed E-state index contributed by atoms with van der Waals surface area (Å²) in [7, 11) is 0. The number of aliphatic carboxylic acids is 3. The molecule has 54 heteroatoms. The van der Waals surface area contributed by atoms with E-state index in [1.54, 1.807) is 61.6 Å². The van der Waals surface area contributed by atoms with Crippen LogP contribution in [0.25, 0.3) is 0 Å². The molecule has 820 valence electrons. The van der Waals surface area contributed by atoms with Gasteiger partial charge in [0.25, 0.3) is 0 Å². The van der Waals surface area contributed by atoms with Crippen molar-refractivity contribution in [2.45, 2.75) is 315 Å². The molecule has 23 atom stereocenters. The molecular formula is C92H151N23O30S. The van der Waals surface area contributed by atoms with E-state index in [9.17, 15) is 146 Å². The monoisotopic (exact) mass is 2090 g/mol. The van der Waals surface area contributed by atoms with Crippen LogP contribution in [-0.2, 0) is 118 Å². The highest BCUT2D eigenvalue weighted by atomic mass is 32.2. The number of carbonyl (C=O) groups is 22. The molecule has 1 heterocycles. The van der Waals surface area contributed by atoms with E-state index < -0.39 is 327 Å². The molecule has 1 aromatic heterocycles. The third-order valence-corrected chi connectivity index (χ3v) is 24.3. The fraction of sp³-hybridized carbons (Fsp3) is 0.663. The van der Waals surface area contributed by atoms with Crippen molar-refractivity contribution in [2.24, 2.45) is 41.1 Å². The van der Waals surface area contributed by atoms with Gasteiger partial charge in [-0.15, -0.1) is 0 Å². The number of imidazole rings is 1. The van der Waals surface area contributed by atoms with E-state index >= 15 is 0 Å². The van der Waals surface area contributed by atoms with Gasteiger partial charge in [0, 0.05) is 31.9 Å². The fourth-order valence-electron chi connectivity index (χ4n) is 13.9. The van der Waals surface area contributed by atoms with E-state index in [0.29, 0.717) is 18.4 Å². The Kier molecular flexibility index (Phi) is 58.1. The van der Waals surface area contributed by atoms with Gasteiger partial charge in [0.1, 0.15) is 115 Å². The van der Waals surface area contributed by atoms with Crippen molar-refractivity contribution in [2.75, 3.05) is 44.9 Å². The van der Waals surface area contributed by atoms with Gasteiger partial charge in [-0.3, -0.25) is 105 Å². The van der Waals surface area contributed by atoms with Crippen molar-refractivity contribution >= 4 is 142 Å². The first-order valence-electron chi connectivity index (χ1n) is 48.2. The van der Waals surface area contributed by atoms with Crippen LogP contribution in [0.3, 0.4) is 0 Å². The average Bonchev–Trinajstić information content (AvgIpc) is 1.04. The van der Waals surface area contributed by atoms with Crippen LogP contribution in [0.15, 0.2) is 36.8 Å². The fourth-order valence-corrected chi connectivity index (χ4v) is 14.4. The van der Waals surface area contributed by atoms with Crippen LogP contribution < -0.4 is 112 Å². The van der Waals surface area contributed by atoms with E-state index in [-0.39, 0.29) is 81.0 Å². The summed E-state index contributed by atoms with van der Waals surface area (Å²) in [5.41, 5.74) is 12.2. The molecule has 0 saturated heterocycles. The molecule has 0 spiro atoms. The summed E-state index contributed by atoms with van der Waals surface area (Å²) in [4.78, 5) is 307. The number of aromatic nitrogens is 2. The van der Waals surface area contributed by atoms with Crippen molar-refractivity contribution in [3.63, 3.8) is 0 Å². The van der Waals surface area contributed by atoms with E-state index in [1.807, 2.05) is 0 Å². The number of aliphatic hydroxyl groups excluding tert-OH is 4. The summed E-state index contributed by atoms with van der Waals surface area (Å²) in [5, 5.41) is 126. The highest BCUT2D eigenvalue weighted by molar-refractivity contribution is 7.98. The van der Waals surface area contributed by atoms with Gasteiger partial charge in [-0.25, -0.2) is 4.98 Å². The topological polar surface area (TPSA) is 847 Å². The van der Waals surface area contributed by atoms with Crippen LogP contribution in [-0.4, -0.2) is 347 Å². The van der Waals surface area contributed by atoms with Crippen molar-refractivity contribution in [3.8, 4) is 5.75 Å². The molecule has 0 unspecified atom stereocenters. The smallest absolute Gasteiger partial charge is 0.325 e. The predicted octanol–water partition coefficient (Wildman–Crippen LogP) is -7.96. The summed E-state index contributed by atoms with van der Waals surface area (Å²) >= 11 is 1.25. The van der Waals surface area contributed by atoms with Gasteiger partial charge in [-0.1, -0.05) is 101 Å². The number of benzene rings is 1. The lowest BCUT2D eigenvalue weighted by Crippen LogP contribution is -2.62. The number of carboxylic acids is 3. The van der Waals surface area contributed by atoms with E-state index in [4.69, 9.17) is 11.5 Å². The van der Waals surface area contributed by atoms with Crippen LogP contribution in [0.1, 0.15) is 192 Å². The summed E-state index contributed by atoms with van der Waals surface area (Å²) in [6, 6.07) is -24.4. The Balaban J connectivity index is 2.39. The van der Waals surface area contributed by atoms with Crippen LogP contribution in [0, 0.1) is 29.6 Å². The SMILES string of the molecule is CC[C@H](C)[C@H](N)C(=O)N[C@@H](CCC(=O)O)C(=O)N[C@@H](C)C(=O)N[C@@H](C)C(=O)N[C@@H](C)C(=O)N[C@H](C(=O)N[C@@H](CCSC)C(=O)N[C@@H](CCC(=O)O)C(=O)N[C@@H](Cc1c[nH]cn1)C(=O)N[C@H](C(=O)N[C@@H](CC(C)C)C(=O)N[C@H](C(=O)NCC(=O)N[C@@H](CO)C(=O)N[C@@H](CO)C(=O)N[C@@H](Cc1ccc(O)cc1)C(=O)N[C@H](C(=O)N[C@@H](CCCCN)C(=O)N[C@@H](CO)C(=O)N[C@@H](C)C(=O)O)C(C)C)[C@@H](C)O)[C@@H](C)CC)[C@@H](C)CC. The summed E-state index contributed by atoms with van der Waals surface area (Å²) in [6.07, 6.45) is 0.606. The number of aromatic amines is 1. The quantitative estimate of drug-likeness (QED) is 0.0274. The lowest BCUT2D eigenvalue weighted by Gasteiger charge is -2.30. The second-order valence-corrected chi connectivity index (χ2v) is 37.5. The van der Waals surface area contributed by atoms with Gasteiger partial charge in [-0.05, 0) is 145 Å². The molecule has 0 bridgehead atoms. The minimum atomic E-state index is -1.97. The van der Waals surface area contributed by atoms with E-state index in [2.05, 4.69) is 111 Å². The Morgan fingerprint density at radius 3 is 1.16 bits per heavy atom.